The largest absolute Gasteiger partial charge is 0.350 e. The molecule has 6 nitrogen and oxygen atoms in total. The Morgan fingerprint density at radius 2 is 1.96 bits per heavy atom. The molecule has 0 aliphatic heterocycles. The van der Waals surface area contributed by atoms with Gasteiger partial charge < -0.3 is 4.57 Å². The summed E-state index contributed by atoms with van der Waals surface area (Å²) >= 11 is 3.12. The van der Waals surface area contributed by atoms with Crippen LogP contribution in [-0.4, -0.2) is 21.4 Å². The number of carbonyl (C=O) groups excluding carboxylic acids is 2. The van der Waals surface area contributed by atoms with Gasteiger partial charge in [0.05, 0.1) is 22.6 Å². The van der Waals surface area contributed by atoms with Crippen molar-refractivity contribution in [2.24, 2.45) is 7.05 Å². The van der Waals surface area contributed by atoms with Gasteiger partial charge in [0, 0.05) is 29.5 Å². The van der Waals surface area contributed by atoms with Crippen molar-refractivity contribution in [1.82, 2.24) is 20.4 Å². The fourth-order valence-electron chi connectivity index (χ4n) is 2.83. The zero-order valence-corrected chi connectivity index (χ0v) is 16.1. The number of carbonyl (C=O) groups is 2. The maximum absolute atomic E-state index is 12.4. The van der Waals surface area contributed by atoms with E-state index in [2.05, 4.69) is 15.8 Å². The first-order valence-corrected chi connectivity index (χ1v) is 9.99. The molecule has 3 heterocycles. The average molecular weight is 396 g/mol. The summed E-state index contributed by atoms with van der Waals surface area (Å²) < 4.78 is 1.88. The molecule has 2 N–H and O–H groups in total. The summed E-state index contributed by atoms with van der Waals surface area (Å²) in [5, 5.41) is 5.59. The van der Waals surface area contributed by atoms with Gasteiger partial charge in [-0.1, -0.05) is 24.3 Å². The van der Waals surface area contributed by atoms with Crippen molar-refractivity contribution in [3.8, 4) is 9.88 Å². The summed E-state index contributed by atoms with van der Waals surface area (Å²) in [6.07, 6.45) is 1.86. The number of fused-ring (bicyclic) bond motifs is 1. The number of para-hydroxylation sites is 1. The standard InChI is InChI=1S/C19H16N4O2S2/c1-23-10-14(13-5-2-3-6-15(13)23)18(25)22-21-17(24)9-12-11-27-19(20-12)16-7-4-8-26-16/h2-8,10-11H,9H2,1H3,(H,21,24)(H,22,25). The minimum atomic E-state index is -0.349. The number of amides is 2. The number of nitrogens with zero attached hydrogens (tertiary/aromatic N) is 2. The molecule has 27 heavy (non-hydrogen) atoms. The molecular weight excluding hydrogens is 380 g/mol. The number of rotatable bonds is 4. The van der Waals surface area contributed by atoms with Gasteiger partial charge in [0.2, 0.25) is 5.91 Å². The molecule has 0 aliphatic rings. The summed E-state index contributed by atoms with van der Waals surface area (Å²) in [4.78, 5) is 30.1. The van der Waals surface area contributed by atoms with E-state index in [9.17, 15) is 9.59 Å². The molecule has 0 unspecified atom stereocenters. The van der Waals surface area contributed by atoms with Gasteiger partial charge in [0.25, 0.3) is 5.91 Å². The van der Waals surface area contributed by atoms with Crippen molar-refractivity contribution in [1.29, 1.82) is 0 Å². The van der Waals surface area contributed by atoms with Crippen molar-refractivity contribution in [3.05, 3.63) is 64.6 Å². The van der Waals surface area contributed by atoms with E-state index in [-0.39, 0.29) is 18.2 Å². The molecular formula is C19H16N4O2S2. The average Bonchev–Trinajstić information content (AvgIpc) is 3.40. The van der Waals surface area contributed by atoms with Gasteiger partial charge in [-0.2, -0.15) is 0 Å². The number of hydrogen-bond donors (Lipinski definition) is 2. The number of hydrogen-bond acceptors (Lipinski definition) is 5. The lowest BCUT2D eigenvalue weighted by Gasteiger charge is -2.05. The van der Waals surface area contributed by atoms with Crippen molar-refractivity contribution < 1.29 is 9.59 Å². The summed E-state index contributed by atoms with van der Waals surface area (Å²) in [5.41, 5.74) is 7.10. The summed E-state index contributed by atoms with van der Waals surface area (Å²) in [7, 11) is 1.88. The second kappa shape index (κ2) is 7.34. The van der Waals surface area contributed by atoms with Crippen LogP contribution in [0.1, 0.15) is 16.1 Å². The molecule has 0 fully saturated rings. The summed E-state index contributed by atoms with van der Waals surface area (Å²) in [6.45, 7) is 0. The molecule has 0 spiro atoms. The van der Waals surface area contributed by atoms with E-state index in [1.807, 2.05) is 58.8 Å². The normalized spacial score (nSPS) is 10.9. The Balaban J connectivity index is 1.38. The van der Waals surface area contributed by atoms with Gasteiger partial charge in [0.15, 0.2) is 0 Å². The van der Waals surface area contributed by atoms with Crippen LogP contribution in [0.2, 0.25) is 0 Å². The highest BCUT2D eigenvalue weighted by Gasteiger charge is 2.15. The third kappa shape index (κ3) is 3.62. The second-order valence-electron chi connectivity index (χ2n) is 5.97. The minimum Gasteiger partial charge on any atom is -0.350 e. The molecule has 4 aromatic rings. The van der Waals surface area contributed by atoms with Crippen molar-refractivity contribution >= 4 is 45.4 Å². The van der Waals surface area contributed by atoms with Crippen LogP contribution in [0.15, 0.2) is 53.4 Å². The molecule has 0 saturated heterocycles. The number of thiophene rings is 1. The monoisotopic (exact) mass is 396 g/mol. The van der Waals surface area contributed by atoms with Gasteiger partial charge in [-0.15, -0.1) is 22.7 Å². The van der Waals surface area contributed by atoms with Crippen LogP contribution in [0.3, 0.4) is 0 Å². The molecule has 8 heteroatoms. The number of benzene rings is 1. The number of nitrogens with one attached hydrogen (secondary N) is 2. The number of aryl methyl sites for hydroxylation is 1. The maximum Gasteiger partial charge on any atom is 0.271 e. The molecule has 0 aliphatic carbocycles. The molecule has 2 amide bonds. The molecule has 0 atom stereocenters. The Hall–Kier alpha value is -2.97. The lowest BCUT2D eigenvalue weighted by molar-refractivity contribution is -0.121. The van der Waals surface area contributed by atoms with E-state index in [1.54, 1.807) is 17.5 Å². The van der Waals surface area contributed by atoms with Crippen LogP contribution in [0.25, 0.3) is 20.8 Å². The molecule has 0 radical (unpaired) electrons. The van der Waals surface area contributed by atoms with Crippen LogP contribution < -0.4 is 10.9 Å². The third-order valence-electron chi connectivity index (χ3n) is 4.08. The van der Waals surface area contributed by atoms with Gasteiger partial charge in [0.1, 0.15) is 5.01 Å². The first kappa shape index (κ1) is 17.4. The predicted octanol–water partition coefficient (Wildman–Crippen LogP) is 3.37. The highest BCUT2D eigenvalue weighted by Crippen LogP contribution is 2.27. The van der Waals surface area contributed by atoms with Gasteiger partial charge in [-0.25, -0.2) is 4.98 Å². The van der Waals surface area contributed by atoms with E-state index < -0.39 is 0 Å². The van der Waals surface area contributed by atoms with Crippen molar-refractivity contribution in [3.63, 3.8) is 0 Å². The maximum atomic E-state index is 12.4. The zero-order valence-electron chi connectivity index (χ0n) is 14.4. The van der Waals surface area contributed by atoms with E-state index in [1.165, 1.54) is 11.3 Å². The van der Waals surface area contributed by atoms with E-state index in [4.69, 9.17) is 0 Å². The predicted molar refractivity (Wildman–Crippen MR) is 108 cm³/mol. The highest BCUT2D eigenvalue weighted by molar-refractivity contribution is 7.20. The Kier molecular flexibility index (Phi) is 4.74. The van der Waals surface area contributed by atoms with Gasteiger partial charge in [-0.3, -0.25) is 20.4 Å². The summed E-state index contributed by atoms with van der Waals surface area (Å²) in [6, 6.07) is 11.6. The van der Waals surface area contributed by atoms with Crippen LogP contribution in [0.4, 0.5) is 0 Å². The Bertz CT molecular complexity index is 1110. The van der Waals surface area contributed by atoms with Crippen LogP contribution in [0, 0.1) is 0 Å². The lowest BCUT2D eigenvalue weighted by atomic mass is 10.2. The first-order chi connectivity index (χ1) is 13.1. The fourth-order valence-corrected chi connectivity index (χ4v) is 4.46. The quantitative estimate of drug-likeness (QED) is 0.519. The summed E-state index contributed by atoms with van der Waals surface area (Å²) in [5.74, 6) is -0.663. The molecule has 0 bridgehead atoms. The lowest BCUT2D eigenvalue weighted by Crippen LogP contribution is -2.42. The Morgan fingerprint density at radius 1 is 1.11 bits per heavy atom. The molecule has 4 rings (SSSR count). The number of aromatic nitrogens is 2. The van der Waals surface area contributed by atoms with E-state index >= 15 is 0 Å². The van der Waals surface area contributed by atoms with Crippen molar-refractivity contribution in [2.45, 2.75) is 6.42 Å². The third-order valence-corrected chi connectivity index (χ3v) is 6.01. The molecule has 3 aromatic heterocycles. The number of hydrazine groups is 1. The SMILES string of the molecule is Cn1cc(C(=O)NNC(=O)Cc2csc(-c3cccs3)n2)c2ccccc21. The number of thiazole rings is 1. The molecule has 1 aromatic carbocycles. The van der Waals surface area contributed by atoms with Gasteiger partial charge in [-0.05, 0) is 17.5 Å². The minimum absolute atomic E-state index is 0.109. The Labute approximate surface area is 163 Å². The highest BCUT2D eigenvalue weighted by atomic mass is 32.1. The van der Waals surface area contributed by atoms with Crippen LogP contribution >= 0.6 is 22.7 Å². The van der Waals surface area contributed by atoms with E-state index in [0.29, 0.717) is 11.3 Å². The second-order valence-corrected chi connectivity index (χ2v) is 7.78. The zero-order chi connectivity index (χ0) is 18.8. The Morgan fingerprint density at radius 3 is 2.78 bits per heavy atom. The van der Waals surface area contributed by atoms with Crippen LogP contribution in [-0.2, 0) is 18.3 Å². The van der Waals surface area contributed by atoms with Crippen LogP contribution in [0.5, 0.6) is 0 Å². The molecule has 136 valence electrons. The first-order valence-electron chi connectivity index (χ1n) is 8.23. The fraction of sp³-hybridized carbons (Fsp3) is 0.105. The van der Waals surface area contributed by atoms with Crippen molar-refractivity contribution in [2.75, 3.05) is 0 Å². The smallest absolute Gasteiger partial charge is 0.271 e. The van der Waals surface area contributed by atoms with Gasteiger partial charge >= 0.3 is 0 Å². The molecule has 0 saturated carbocycles. The topological polar surface area (TPSA) is 76.0 Å². The van der Waals surface area contributed by atoms with E-state index in [0.717, 1.165) is 20.8 Å².